The summed E-state index contributed by atoms with van der Waals surface area (Å²) in [5, 5.41) is 0. The highest BCUT2D eigenvalue weighted by atomic mass is 14.7. The van der Waals surface area contributed by atoms with E-state index in [-0.39, 0.29) is 0 Å². The number of pyridine rings is 3. The molecule has 0 atom stereocenters. The number of aryl methyl sites for hydroxylation is 1. The number of aromatic nitrogens is 3. The Balaban J connectivity index is 1.03. The van der Waals surface area contributed by atoms with Gasteiger partial charge in [0, 0.05) is 35.3 Å². The molecule has 344 valence electrons. The summed E-state index contributed by atoms with van der Waals surface area (Å²) in [5.74, 6) is 0. The van der Waals surface area contributed by atoms with Crippen molar-refractivity contribution < 1.29 is 0 Å². The van der Waals surface area contributed by atoms with Gasteiger partial charge in [-0.05, 0) is 162 Å². The summed E-state index contributed by atoms with van der Waals surface area (Å²) in [6.45, 7) is 2.11. The molecule has 0 N–H and O–H groups in total. The van der Waals surface area contributed by atoms with Gasteiger partial charge in [-0.15, -0.1) is 0 Å². The molecule has 9 aromatic carbocycles. The van der Waals surface area contributed by atoms with E-state index in [9.17, 15) is 0 Å². The summed E-state index contributed by atoms with van der Waals surface area (Å²) >= 11 is 0. The van der Waals surface area contributed by atoms with Crippen molar-refractivity contribution in [2.75, 3.05) is 0 Å². The van der Waals surface area contributed by atoms with Crippen LogP contribution < -0.4 is 0 Å². The molecule has 0 aliphatic heterocycles. The van der Waals surface area contributed by atoms with Gasteiger partial charge in [0.05, 0.1) is 17.1 Å². The topological polar surface area (TPSA) is 38.7 Å². The van der Waals surface area contributed by atoms with E-state index in [0.717, 1.165) is 112 Å². The van der Waals surface area contributed by atoms with Gasteiger partial charge in [-0.3, -0.25) is 15.0 Å². The zero-order valence-corrected chi connectivity index (χ0v) is 40.4. The van der Waals surface area contributed by atoms with Crippen LogP contribution in [0.2, 0.25) is 0 Å². The predicted octanol–water partition coefficient (Wildman–Crippen LogP) is 18.5. The first kappa shape index (κ1) is 44.6. The maximum absolute atomic E-state index is 4.77. The number of rotatable bonds is 11. The van der Waals surface area contributed by atoms with Crippen LogP contribution in [0.3, 0.4) is 0 Å². The molecule has 12 aromatic rings. The van der Waals surface area contributed by atoms with E-state index in [1.807, 2.05) is 42.9 Å². The van der Waals surface area contributed by atoms with Crippen LogP contribution in [0.4, 0.5) is 0 Å². The molecular formula is C70H49N3. The maximum Gasteiger partial charge on any atom is 0.0704 e. The lowest BCUT2D eigenvalue weighted by atomic mass is 9.84. The molecule has 3 aromatic heterocycles. The molecule has 3 heteroatoms. The average molecular weight is 932 g/mol. The summed E-state index contributed by atoms with van der Waals surface area (Å²) in [6.07, 6.45) is 5.59. The zero-order chi connectivity index (χ0) is 48.9. The van der Waals surface area contributed by atoms with Crippen LogP contribution in [-0.2, 0) is 0 Å². The second kappa shape index (κ2) is 20.0. The van der Waals surface area contributed by atoms with Gasteiger partial charge in [0.25, 0.3) is 0 Å². The van der Waals surface area contributed by atoms with Crippen molar-refractivity contribution in [1.82, 2.24) is 15.0 Å². The van der Waals surface area contributed by atoms with E-state index in [4.69, 9.17) is 4.98 Å². The van der Waals surface area contributed by atoms with Crippen molar-refractivity contribution in [3.63, 3.8) is 0 Å². The van der Waals surface area contributed by atoms with Crippen molar-refractivity contribution >= 4 is 0 Å². The van der Waals surface area contributed by atoms with Crippen molar-refractivity contribution in [1.29, 1.82) is 0 Å². The molecule has 12 rings (SSSR count). The minimum Gasteiger partial charge on any atom is -0.256 e. The Morgan fingerprint density at radius 1 is 0.192 bits per heavy atom. The first-order chi connectivity index (χ1) is 36.1. The SMILES string of the molecule is Cc1ccnc(-c2ccc(-c3ccccc3-c3cc(-c4ccccc4-c4ccc(-c5ccccn5)cc4)cc(-c4ccccc4-c4ccc(-c5ccccn5)cc4-c4ccc(-c5ccccc5)cc4)c3)cc2)c1. The lowest BCUT2D eigenvalue weighted by Crippen LogP contribution is -1.94. The monoisotopic (exact) mass is 931 g/mol. The Labute approximate surface area is 427 Å². The Hall–Kier alpha value is -9.57. The fourth-order valence-electron chi connectivity index (χ4n) is 10.1. The van der Waals surface area contributed by atoms with Crippen LogP contribution in [0.5, 0.6) is 0 Å². The molecule has 0 spiro atoms. The molecule has 0 bridgehead atoms. The van der Waals surface area contributed by atoms with Crippen molar-refractivity contribution in [3.05, 3.63) is 285 Å². The minimum absolute atomic E-state index is 0.937. The smallest absolute Gasteiger partial charge is 0.0704 e. The average Bonchev–Trinajstić information content (AvgIpc) is 3.48. The Kier molecular flexibility index (Phi) is 12.2. The third kappa shape index (κ3) is 9.32. The van der Waals surface area contributed by atoms with Crippen LogP contribution >= 0.6 is 0 Å². The van der Waals surface area contributed by atoms with E-state index >= 15 is 0 Å². The Morgan fingerprint density at radius 3 is 1.05 bits per heavy atom. The van der Waals surface area contributed by atoms with E-state index < -0.39 is 0 Å². The normalized spacial score (nSPS) is 11.1. The molecule has 0 amide bonds. The van der Waals surface area contributed by atoms with E-state index in [2.05, 4.69) is 253 Å². The number of hydrogen-bond donors (Lipinski definition) is 0. The quantitative estimate of drug-likeness (QED) is 0.130. The zero-order valence-electron chi connectivity index (χ0n) is 40.4. The largest absolute Gasteiger partial charge is 0.256 e. The highest BCUT2D eigenvalue weighted by molar-refractivity contribution is 5.97. The summed E-state index contributed by atoms with van der Waals surface area (Å²) in [4.78, 5) is 14.1. The van der Waals surface area contributed by atoms with Gasteiger partial charge in [-0.1, -0.05) is 200 Å². The van der Waals surface area contributed by atoms with Crippen LogP contribution in [0.1, 0.15) is 5.56 Å². The first-order valence-electron chi connectivity index (χ1n) is 24.8. The fraction of sp³-hybridized carbons (Fsp3) is 0.0143. The van der Waals surface area contributed by atoms with Crippen molar-refractivity contribution in [2.45, 2.75) is 6.92 Å². The second-order valence-corrected chi connectivity index (χ2v) is 18.4. The predicted molar refractivity (Wildman–Crippen MR) is 304 cm³/mol. The van der Waals surface area contributed by atoms with Gasteiger partial charge in [0.2, 0.25) is 0 Å². The van der Waals surface area contributed by atoms with Gasteiger partial charge < -0.3 is 0 Å². The van der Waals surface area contributed by atoms with Crippen LogP contribution in [-0.4, -0.2) is 15.0 Å². The molecule has 0 fully saturated rings. The number of hydrogen-bond acceptors (Lipinski definition) is 3. The van der Waals surface area contributed by atoms with Crippen LogP contribution in [0, 0.1) is 6.92 Å². The molecular weight excluding hydrogens is 883 g/mol. The summed E-state index contributed by atoms with van der Waals surface area (Å²) in [5.41, 5.74) is 25.7. The molecule has 0 unspecified atom stereocenters. The summed E-state index contributed by atoms with van der Waals surface area (Å²) in [7, 11) is 0. The Bertz CT molecular complexity index is 3870. The van der Waals surface area contributed by atoms with Gasteiger partial charge in [0.1, 0.15) is 0 Å². The number of nitrogens with zero attached hydrogens (tertiary/aromatic N) is 3. The standard InChI is InChI=1S/C70H49N3/c1-48-39-42-73-70(43-48)55-35-31-52(32-36-55)61-18-6-8-20-63(61)58-44-57(62-19-7-5-17-60(62)51-29-33-54(34-30-51)68-23-11-13-40-71-68)45-59(46-58)64-21-9-10-22-65(64)66-38-37-56(69-24-12-14-41-72-69)47-67(66)53-27-25-50(26-28-53)49-15-3-2-4-16-49/h2-47H,1H3. The van der Waals surface area contributed by atoms with Gasteiger partial charge >= 0.3 is 0 Å². The maximum atomic E-state index is 4.77. The third-order valence-electron chi connectivity index (χ3n) is 13.8. The van der Waals surface area contributed by atoms with Crippen molar-refractivity contribution in [3.8, 4) is 123 Å². The lowest BCUT2D eigenvalue weighted by Gasteiger charge is -2.19. The van der Waals surface area contributed by atoms with E-state index in [1.165, 1.54) is 16.7 Å². The molecule has 0 aliphatic rings. The summed E-state index contributed by atoms with van der Waals surface area (Å²) in [6, 6.07) is 93.9. The highest BCUT2D eigenvalue weighted by Gasteiger charge is 2.19. The fourth-order valence-corrected chi connectivity index (χ4v) is 10.1. The highest BCUT2D eigenvalue weighted by Crippen LogP contribution is 2.45. The van der Waals surface area contributed by atoms with Crippen LogP contribution in [0.15, 0.2) is 279 Å². The van der Waals surface area contributed by atoms with Crippen LogP contribution in [0.25, 0.3) is 123 Å². The molecule has 0 aliphatic carbocycles. The molecule has 0 saturated heterocycles. The van der Waals surface area contributed by atoms with Gasteiger partial charge in [0.15, 0.2) is 0 Å². The third-order valence-corrected chi connectivity index (χ3v) is 13.8. The molecule has 3 nitrogen and oxygen atoms in total. The van der Waals surface area contributed by atoms with Gasteiger partial charge in [-0.25, -0.2) is 0 Å². The van der Waals surface area contributed by atoms with E-state index in [0.29, 0.717) is 0 Å². The number of benzene rings is 9. The molecule has 0 radical (unpaired) electrons. The minimum atomic E-state index is 0.937. The lowest BCUT2D eigenvalue weighted by molar-refractivity contribution is 1.29. The van der Waals surface area contributed by atoms with Gasteiger partial charge in [-0.2, -0.15) is 0 Å². The Morgan fingerprint density at radius 2 is 0.548 bits per heavy atom. The molecule has 3 heterocycles. The first-order valence-corrected chi connectivity index (χ1v) is 24.8. The molecule has 73 heavy (non-hydrogen) atoms. The van der Waals surface area contributed by atoms with E-state index in [1.54, 1.807) is 0 Å². The second-order valence-electron chi connectivity index (χ2n) is 18.4. The molecule has 0 saturated carbocycles. The summed E-state index contributed by atoms with van der Waals surface area (Å²) < 4.78 is 0. The van der Waals surface area contributed by atoms with Crippen molar-refractivity contribution in [2.24, 2.45) is 0 Å².